The Bertz CT molecular complexity index is 138. The number of aliphatic hydroxyl groups excluding tert-OH is 1. The van der Waals surface area contributed by atoms with E-state index < -0.39 is 0 Å². The summed E-state index contributed by atoms with van der Waals surface area (Å²) in [5.41, 5.74) is 0.116. The van der Waals surface area contributed by atoms with Crippen molar-refractivity contribution in [1.29, 1.82) is 0 Å². The third kappa shape index (κ3) is 3.58. The van der Waals surface area contributed by atoms with E-state index in [9.17, 15) is 5.11 Å². The molecular formula is C12H25NO. The minimum absolute atomic E-state index is 0.116. The lowest BCUT2D eigenvalue weighted by Crippen LogP contribution is -2.54. The molecule has 2 N–H and O–H groups in total. The minimum Gasteiger partial charge on any atom is -0.394 e. The van der Waals surface area contributed by atoms with Gasteiger partial charge >= 0.3 is 0 Å². The van der Waals surface area contributed by atoms with Crippen molar-refractivity contribution in [2.24, 2.45) is 0 Å². The van der Waals surface area contributed by atoms with Gasteiger partial charge in [0.15, 0.2) is 0 Å². The van der Waals surface area contributed by atoms with Crippen LogP contribution < -0.4 is 5.32 Å². The van der Waals surface area contributed by atoms with Gasteiger partial charge in [-0.25, -0.2) is 0 Å². The van der Waals surface area contributed by atoms with Crippen molar-refractivity contribution in [1.82, 2.24) is 5.32 Å². The van der Waals surface area contributed by atoms with Crippen LogP contribution >= 0.6 is 0 Å². The summed E-state index contributed by atoms with van der Waals surface area (Å²) < 4.78 is 0. The van der Waals surface area contributed by atoms with Gasteiger partial charge in [0, 0.05) is 5.54 Å². The number of rotatable bonds is 8. The second-order valence-electron chi connectivity index (χ2n) is 4.63. The molecule has 0 heterocycles. The van der Waals surface area contributed by atoms with E-state index >= 15 is 0 Å². The smallest absolute Gasteiger partial charge is 0.0613 e. The summed E-state index contributed by atoms with van der Waals surface area (Å²) in [5, 5.41) is 12.7. The predicted octanol–water partition coefficient (Wildman–Crippen LogP) is 2.46. The van der Waals surface area contributed by atoms with E-state index in [0.29, 0.717) is 6.61 Å². The highest BCUT2D eigenvalue weighted by Gasteiger charge is 2.35. The van der Waals surface area contributed by atoms with E-state index in [1.54, 1.807) is 0 Å². The maximum Gasteiger partial charge on any atom is 0.0613 e. The van der Waals surface area contributed by atoms with Gasteiger partial charge in [-0.3, -0.25) is 0 Å². The molecule has 1 aliphatic rings. The molecule has 0 radical (unpaired) electrons. The van der Waals surface area contributed by atoms with Crippen LogP contribution in [0.5, 0.6) is 0 Å². The number of hydrogen-bond acceptors (Lipinski definition) is 2. The first-order chi connectivity index (χ1) is 6.83. The molecule has 0 amide bonds. The van der Waals surface area contributed by atoms with Crippen LogP contribution in [0.4, 0.5) is 0 Å². The Hall–Kier alpha value is -0.0800. The Morgan fingerprint density at radius 2 is 1.86 bits per heavy atom. The summed E-state index contributed by atoms with van der Waals surface area (Å²) in [7, 11) is 0. The molecular weight excluding hydrogens is 174 g/mol. The van der Waals surface area contributed by atoms with Crippen molar-refractivity contribution in [2.75, 3.05) is 13.2 Å². The zero-order chi connectivity index (χ0) is 10.3. The first-order valence-corrected chi connectivity index (χ1v) is 6.19. The Morgan fingerprint density at radius 3 is 2.36 bits per heavy atom. The van der Waals surface area contributed by atoms with Gasteiger partial charge in [-0.1, -0.05) is 32.6 Å². The largest absolute Gasteiger partial charge is 0.394 e. The number of aliphatic hydroxyl groups is 1. The van der Waals surface area contributed by atoms with E-state index in [0.717, 1.165) is 6.54 Å². The van der Waals surface area contributed by atoms with Crippen molar-refractivity contribution in [3.05, 3.63) is 0 Å². The van der Waals surface area contributed by atoms with E-state index in [-0.39, 0.29) is 5.54 Å². The van der Waals surface area contributed by atoms with Crippen LogP contribution in [0.3, 0.4) is 0 Å². The van der Waals surface area contributed by atoms with Crippen molar-refractivity contribution in [3.63, 3.8) is 0 Å². The van der Waals surface area contributed by atoms with Crippen LogP contribution in [0.1, 0.15) is 58.3 Å². The summed E-state index contributed by atoms with van der Waals surface area (Å²) >= 11 is 0. The average Bonchev–Trinajstić information content (AvgIpc) is 2.15. The maximum absolute atomic E-state index is 9.21. The van der Waals surface area contributed by atoms with Crippen LogP contribution in [-0.2, 0) is 0 Å². The molecule has 0 bridgehead atoms. The Kier molecular flexibility index (Phi) is 5.49. The number of hydrogen-bond donors (Lipinski definition) is 2. The van der Waals surface area contributed by atoms with Crippen LogP contribution in [0.15, 0.2) is 0 Å². The molecule has 2 nitrogen and oxygen atoms in total. The molecule has 1 fully saturated rings. The summed E-state index contributed by atoms with van der Waals surface area (Å²) in [4.78, 5) is 0. The van der Waals surface area contributed by atoms with E-state index in [2.05, 4.69) is 12.2 Å². The molecule has 0 aliphatic heterocycles. The van der Waals surface area contributed by atoms with Gasteiger partial charge in [0.25, 0.3) is 0 Å². The fourth-order valence-electron chi connectivity index (χ4n) is 2.08. The van der Waals surface area contributed by atoms with E-state index in [4.69, 9.17) is 0 Å². The zero-order valence-electron chi connectivity index (χ0n) is 9.52. The Balaban J connectivity index is 1.92. The molecule has 1 aliphatic carbocycles. The third-order valence-corrected chi connectivity index (χ3v) is 3.39. The summed E-state index contributed by atoms with van der Waals surface area (Å²) in [6.45, 7) is 3.65. The second-order valence-corrected chi connectivity index (χ2v) is 4.63. The van der Waals surface area contributed by atoms with Gasteiger partial charge in [0.1, 0.15) is 0 Å². The van der Waals surface area contributed by atoms with Gasteiger partial charge in [0.2, 0.25) is 0 Å². The molecule has 0 aromatic rings. The van der Waals surface area contributed by atoms with Crippen molar-refractivity contribution in [2.45, 2.75) is 63.8 Å². The normalized spacial score (nSPS) is 19.3. The highest BCUT2D eigenvalue weighted by molar-refractivity contribution is 4.95. The summed E-state index contributed by atoms with van der Waals surface area (Å²) in [5.74, 6) is 0. The zero-order valence-corrected chi connectivity index (χ0v) is 9.52. The topological polar surface area (TPSA) is 32.3 Å². The molecule has 14 heavy (non-hydrogen) atoms. The molecule has 0 saturated heterocycles. The minimum atomic E-state index is 0.116. The predicted molar refractivity (Wildman–Crippen MR) is 60.4 cm³/mol. The lowest BCUT2D eigenvalue weighted by Gasteiger charge is -2.41. The standard InChI is InChI=1S/C12H25NO/c1-2-3-4-5-6-10-13-12(11-14)8-7-9-12/h13-14H,2-11H2,1H3. The molecule has 1 rings (SSSR count). The van der Waals surface area contributed by atoms with Crippen molar-refractivity contribution < 1.29 is 5.11 Å². The van der Waals surface area contributed by atoms with E-state index in [1.165, 1.54) is 51.4 Å². The quantitative estimate of drug-likeness (QED) is 0.589. The monoisotopic (exact) mass is 199 g/mol. The molecule has 0 unspecified atom stereocenters. The lowest BCUT2D eigenvalue weighted by atomic mass is 9.77. The van der Waals surface area contributed by atoms with Gasteiger partial charge in [0.05, 0.1) is 6.61 Å². The molecule has 0 spiro atoms. The molecule has 0 atom stereocenters. The Labute approximate surface area is 88.1 Å². The SMILES string of the molecule is CCCCCCCNC1(CO)CCC1. The number of unbranched alkanes of at least 4 members (excludes halogenated alkanes) is 4. The maximum atomic E-state index is 9.21. The first-order valence-electron chi connectivity index (χ1n) is 6.19. The summed E-state index contributed by atoms with van der Waals surface area (Å²) in [6, 6.07) is 0. The highest BCUT2D eigenvalue weighted by atomic mass is 16.3. The first kappa shape index (κ1) is 12.0. The molecule has 2 heteroatoms. The summed E-state index contributed by atoms with van der Waals surface area (Å²) in [6.07, 6.45) is 10.3. The van der Waals surface area contributed by atoms with Crippen molar-refractivity contribution in [3.8, 4) is 0 Å². The average molecular weight is 199 g/mol. The van der Waals surface area contributed by atoms with Crippen LogP contribution in [0.25, 0.3) is 0 Å². The molecule has 84 valence electrons. The van der Waals surface area contributed by atoms with Gasteiger partial charge in [-0.2, -0.15) is 0 Å². The second kappa shape index (κ2) is 6.41. The fourth-order valence-corrected chi connectivity index (χ4v) is 2.08. The number of nitrogens with one attached hydrogen (secondary N) is 1. The van der Waals surface area contributed by atoms with Crippen LogP contribution in [-0.4, -0.2) is 23.8 Å². The van der Waals surface area contributed by atoms with E-state index in [1.807, 2.05) is 0 Å². The fraction of sp³-hybridized carbons (Fsp3) is 1.00. The Morgan fingerprint density at radius 1 is 1.14 bits per heavy atom. The van der Waals surface area contributed by atoms with Gasteiger partial charge in [-0.05, 0) is 32.2 Å². The molecule has 0 aromatic carbocycles. The third-order valence-electron chi connectivity index (χ3n) is 3.39. The highest BCUT2D eigenvalue weighted by Crippen LogP contribution is 2.30. The lowest BCUT2D eigenvalue weighted by molar-refractivity contribution is 0.0886. The van der Waals surface area contributed by atoms with Gasteiger partial charge < -0.3 is 10.4 Å². The van der Waals surface area contributed by atoms with Crippen LogP contribution in [0, 0.1) is 0 Å². The molecule has 0 aromatic heterocycles. The van der Waals surface area contributed by atoms with Crippen molar-refractivity contribution >= 4 is 0 Å². The molecule has 1 saturated carbocycles. The van der Waals surface area contributed by atoms with Gasteiger partial charge in [-0.15, -0.1) is 0 Å². The van der Waals surface area contributed by atoms with Crippen LogP contribution in [0.2, 0.25) is 0 Å².